The molecule has 0 aromatic carbocycles. The molecular weight excluding hydrogens is 202 g/mol. The van der Waals surface area contributed by atoms with Gasteiger partial charge in [0.05, 0.1) is 23.5 Å². The van der Waals surface area contributed by atoms with Gasteiger partial charge in [0.1, 0.15) is 0 Å². The van der Waals surface area contributed by atoms with Crippen LogP contribution in [0, 0.1) is 6.92 Å². The van der Waals surface area contributed by atoms with Crippen LogP contribution in [-0.4, -0.2) is 25.1 Å². The molecule has 78 valence electrons. The van der Waals surface area contributed by atoms with Gasteiger partial charge in [-0.2, -0.15) is 5.10 Å². The van der Waals surface area contributed by atoms with Crippen molar-refractivity contribution in [3.63, 3.8) is 0 Å². The van der Waals surface area contributed by atoms with Crippen molar-refractivity contribution in [2.75, 3.05) is 0 Å². The van der Waals surface area contributed by atoms with Crippen molar-refractivity contribution in [2.24, 2.45) is 0 Å². The average molecular weight is 211 g/mol. The predicted octanol–water partition coefficient (Wildman–Crippen LogP) is 1.72. The number of hydrogen-bond donors (Lipinski definition) is 1. The minimum absolute atomic E-state index is 0.673. The molecular formula is C11H9N5. The van der Waals surface area contributed by atoms with Gasteiger partial charge in [-0.25, -0.2) is 9.97 Å². The van der Waals surface area contributed by atoms with Crippen LogP contribution in [0.2, 0.25) is 0 Å². The highest BCUT2D eigenvalue weighted by Gasteiger charge is 2.07. The Morgan fingerprint density at radius 2 is 2.12 bits per heavy atom. The zero-order valence-electron chi connectivity index (χ0n) is 8.68. The number of rotatable bonds is 1. The largest absolute Gasteiger partial charge is 0.282 e. The standard InChI is InChI=1S/C11H9N5/c1-7-9(5-14-16-7)11-13-4-8-2-3-12-6-10(8)15-11/h2-6H,1H3,(H,14,16). The lowest BCUT2D eigenvalue weighted by Gasteiger charge is -1.99. The van der Waals surface area contributed by atoms with E-state index in [0.717, 1.165) is 22.2 Å². The van der Waals surface area contributed by atoms with Gasteiger partial charge in [-0.15, -0.1) is 0 Å². The summed E-state index contributed by atoms with van der Waals surface area (Å²) >= 11 is 0. The van der Waals surface area contributed by atoms with Crippen LogP contribution in [0.3, 0.4) is 0 Å². The number of hydrogen-bond acceptors (Lipinski definition) is 4. The van der Waals surface area contributed by atoms with E-state index in [1.807, 2.05) is 13.0 Å². The third-order valence-electron chi connectivity index (χ3n) is 2.46. The van der Waals surface area contributed by atoms with E-state index in [2.05, 4.69) is 25.1 Å². The van der Waals surface area contributed by atoms with Crippen molar-refractivity contribution in [3.8, 4) is 11.4 Å². The first-order valence-electron chi connectivity index (χ1n) is 4.92. The molecule has 5 heteroatoms. The van der Waals surface area contributed by atoms with Gasteiger partial charge in [0.15, 0.2) is 5.82 Å². The van der Waals surface area contributed by atoms with Crippen LogP contribution in [0.15, 0.2) is 30.9 Å². The molecule has 0 bridgehead atoms. The van der Waals surface area contributed by atoms with Crippen LogP contribution >= 0.6 is 0 Å². The van der Waals surface area contributed by atoms with Gasteiger partial charge in [0, 0.05) is 23.5 Å². The molecule has 3 heterocycles. The third-order valence-corrected chi connectivity index (χ3v) is 2.46. The average Bonchev–Trinajstić information content (AvgIpc) is 2.75. The maximum Gasteiger partial charge on any atom is 0.163 e. The normalized spacial score (nSPS) is 10.8. The Bertz CT molecular complexity index is 643. The van der Waals surface area contributed by atoms with E-state index in [-0.39, 0.29) is 0 Å². The molecule has 5 nitrogen and oxygen atoms in total. The fraction of sp³-hybridized carbons (Fsp3) is 0.0909. The molecule has 0 aliphatic heterocycles. The Morgan fingerprint density at radius 1 is 1.19 bits per heavy atom. The molecule has 0 radical (unpaired) electrons. The lowest BCUT2D eigenvalue weighted by atomic mass is 10.2. The lowest BCUT2D eigenvalue weighted by molar-refractivity contribution is 1.05. The molecule has 0 saturated carbocycles. The molecule has 0 aliphatic carbocycles. The van der Waals surface area contributed by atoms with E-state index < -0.39 is 0 Å². The van der Waals surface area contributed by atoms with Gasteiger partial charge in [0.2, 0.25) is 0 Å². The Hall–Kier alpha value is -2.30. The number of aryl methyl sites for hydroxylation is 1. The Kier molecular flexibility index (Phi) is 1.89. The van der Waals surface area contributed by atoms with E-state index in [4.69, 9.17) is 0 Å². The van der Waals surface area contributed by atoms with E-state index >= 15 is 0 Å². The van der Waals surface area contributed by atoms with Crippen molar-refractivity contribution in [2.45, 2.75) is 6.92 Å². The summed E-state index contributed by atoms with van der Waals surface area (Å²) in [5, 5.41) is 7.81. The zero-order valence-corrected chi connectivity index (χ0v) is 8.68. The summed E-state index contributed by atoms with van der Waals surface area (Å²) in [6.45, 7) is 1.94. The number of H-pyrrole nitrogens is 1. The minimum atomic E-state index is 0.673. The Labute approximate surface area is 91.6 Å². The highest BCUT2D eigenvalue weighted by molar-refractivity contribution is 5.78. The quantitative estimate of drug-likeness (QED) is 0.665. The van der Waals surface area contributed by atoms with Crippen LogP contribution in [0.4, 0.5) is 0 Å². The molecule has 0 aliphatic rings. The maximum atomic E-state index is 4.44. The third kappa shape index (κ3) is 1.33. The monoisotopic (exact) mass is 211 g/mol. The van der Waals surface area contributed by atoms with E-state index in [1.54, 1.807) is 24.8 Å². The molecule has 0 unspecified atom stereocenters. The van der Waals surface area contributed by atoms with E-state index in [0.29, 0.717) is 5.82 Å². The van der Waals surface area contributed by atoms with Crippen LogP contribution in [-0.2, 0) is 0 Å². The van der Waals surface area contributed by atoms with Gasteiger partial charge in [-0.3, -0.25) is 10.1 Å². The SMILES string of the molecule is Cc1[nH]ncc1-c1ncc2ccncc2n1. The molecule has 0 fully saturated rings. The molecule has 16 heavy (non-hydrogen) atoms. The number of nitrogens with one attached hydrogen (secondary N) is 1. The number of pyridine rings is 1. The van der Waals surface area contributed by atoms with Crippen molar-refractivity contribution in [1.82, 2.24) is 25.1 Å². The number of aromatic nitrogens is 5. The van der Waals surface area contributed by atoms with Crippen molar-refractivity contribution in [1.29, 1.82) is 0 Å². The second-order valence-corrected chi connectivity index (χ2v) is 3.54. The van der Waals surface area contributed by atoms with Crippen LogP contribution in [0.25, 0.3) is 22.3 Å². The number of nitrogens with zero attached hydrogens (tertiary/aromatic N) is 4. The molecule has 0 atom stereocenters. The highest BCUT2D eigenvalue weighted by Crippen LogP contribution is 2.19. The van der Waals surface area contributed by atoms with Gasteiger partial charge < -0.3 is 0 Å². The first-order chi connectivity index (χ1) is 7.84. The fourth-order valence-corrected chi connectivity index (χ4v) is 1.58. The van der Waals surface area contributed by atoms with E-state index in [1.165, 1.54) is 0 Å². The molecule has 0 saturated heterocycles. The number of fused-ring (bicyclic) bond motifs is 1. The van der Waals surface area contributed by atoms with E-state index in [9.17, 15) is 0 Å². The second kappa shape index (κ2) is 3.37. The fourth-order valence-electron chi connectivity index (χ4n) is 1.58. The van der Waals surface area contributed by atoms with Crippen LogP contribution < -0.4 is 0 Å². The summed E-state index contributed by atoms with van der Waals surface area (Å²) < 4.78 is 0. The van der Waals surface area contributed by atoms with Crippen LogP contribution in [0.5, 0.6) is 0 Å². The lowest BCUT2D eigenvalue weighted by Crippen LogP contribution is -1.90. The molecule has 0 spiro atoms. The second-order valence-electron chi connectivity index (χ2n) is 3.54. The summed E-state index contributed by atoms with van der Waals surface area (Å²) in [5.41, 5.74) is 2.72. The maximum absolute atomic E-state index is 4.44. The molecule has 3 aromatic rings. The Morgan fingerprint density at radius 3 is 2.94 bits per heavy atom. The van der Waals surface area contributed by atoms with Crippen LogP contribution in [0.1, 0.15) is 5.69 Å². The first kappa shape index (κ1) is 8.96. The smallest absolute Gasteiger partial charge is 0.163 e. The topological polar surface area (TPSA) is 67.3 Å². The molecule has 1 N–H and O–H groups in total. The molecule has 0 amide bonds. The number of aromatic amines is 1. The zero-order chi connectivity index (χ0) is 11.0. The molecule has 3 rings (SSSR count). The molecule has 3 aromatic heterocycles. The summed E-state index contributed by atoms with van der Waals surface area (Å²) in [4.78, 5) is 12.8. The van der Waals surface area contributed by atoms with Crippen molar-refractivity contribution < 1.29 is 0 Å². The summed E-state index contributed by atoms with van der Waals surface area (Å²) in [5.74, 6) is 0.673. The van der Waals surface area contributed by atoms with Gasteiger partial charge in [-0.05, 0) is 13.0 Å². The predicted molar refractivity (Wildman–Crippen MR) is 59.7 cm³/mol. The highest BCUT2D eigenvalue weighted by atomic mass is 15.1. The van der Waals surface area contributed by atoms with Gasteiger partial charge >= 0.3 is 0 Å². The summed E-state index contributed by atoms with van der Waals surface area (Å²) in [6, 6.07) is 1.89. The minimum Gasteiger partial charge on any atom is -0.282 e. The first-order valence-corrected chi connectivity index (χ1v) is 4.92. The van der Waals surface area contributed by atoms with Gasteiger partial charge in [-0.1, -0.05) is 0 Å². The summed E-state index contributed by atoms with van der Waals surface area (Å²) in [6.07, 6.45) is 6.99. The summed E-state index contributed by atoms with van der Waals surface area (Å²) in [7, 11) is 0. The van der Waals surface area contributed by atoms with Gasteiger partial charge in [0.25, 0.3) is 0 Å². The Balaban J connectivity index is 2.23. The van der Waals surface area contributed by atoms with Crippen molar-refractivity contribution in [3.05, 3.63) is 36.5 Å². The van der Waals surface area contributed by atoms with Crippen molar-refractivity contribution >= 4 is 10.9 Å².